The Morgan fingerprint density at radius 3 is 2.96 bits per heavy atom. The van der Waals surface area contributed by atoms with Crippen molar-refractivity contribution < 1.29 is 9.32 Å². The summed E-state index contributed by atoms with van der Waals surface area (Å²) in [5, 5.41) is 4.00. The third-order valence-corrected chi connectivity index (χ3v) is 5.17. The van der Waals surface area contributed by atoms with Crippen molar-refractivity contribution in [1.82, 2.24) is 24.5 Å². The summed E-state index contributed by atoms with van der Waals surface area (Å²) in [6, 6.07) is 9.95. The van der Waals surface area contributed by atoms with Crippen molar-refractivity contribution in [1.29, 1.82) is 0 Å². The molecule has 3 aromatic rings. The lowest BCUT2D eigenvalue weighted by Gasteiger charge is -2.23. The summed E-state index contributed by atoms with van der Waals surface area (Å²) < 4.78 is 7.51. The summed E-state index contributed by atoms with van der Waals surface area (Å²) in [6.45, 7) is 4.38. The number of nitrogens with zero attached hydrogens (tertiary/aromatic N) is 5. The van der Waals surface area contributed by atoms with Gasteiger partial charge in [0.2, 0.25) is 0 Å². The molecule has 0 radical (unpaired) electrons. The van der Waals surface area contributed by atoms with E-state index in [1.807, 2.05) is 38.2 Å². The number of carbonyl (C=O) groups excluding carboxylic acids is 1. The number of aromatic nitrogens is 3. The Kier molecular flexibility index (Phi) is 4.24. The van der Waals surface area contributed by atoms with E-state index in [9.17, 15) is 4.79 Å². The zero-order chi connectivity index (χ0) is 18.3. The van der Waals surface area contributed by atoms with Gasteiger partial charge in [-0.2, -0.15) is 0 Å². The monoisotopic (exact) mass is 353 g/mol. The second-order valence-electron chi connectivity index (χ2n) is 7.03. The van der Waals surface area contributed by atoms with Crippen LogP contribution >= 0.6 is 0 Å². The normalized spacial score (nSPS) is 17.9. The van der Waals surface area contributed by atoms with E-state index in [4.69, 9.17) is 4.52 Å². The first-order valence-electron chi connectivity index (χ1n) is 8.86. The lowest BCUT2D eigenvalue weighted by molar-refractivity contribution is 0.0727. The summed E-state index contributed by atoms with van der Waals surface area (Å²) in [5.41, 5.74) is 2.35. The molecule has 1 fully saturated rings. The quantitative estimate of drug-likeness (QED) is 0.719. The number of rotatable bonds is 4. The fraction of sp³-hybridized carbons (Fsp3) is 0.421. The average Bonchev–Trinajstić information content (AvgIpc) is 3.34. The molecule has 2 aromatic heterocycles. The molecule has 1 saturated heterocycles. The molecule has 4 rings (SSSR count). The smallest absolute Gasteiger partial charge is 0.276 e. The van der Waals surface area contributed by atoms with Gasteiger partial charge >= 0.3 is 0 Å². The highest BCUT2D eigenvalue weighted by Crippen LogP contribution is 2.19. The summed E-state index contributed by atoms with van der Waals surface area (Å²) in [7, 11) is 3.92. The third kappa shape index (κ3) is 2.99. The zero-order valence-corrected chi connectivity index (χ0v) is 15.3. The molecule has 0 spiro atoms. The second kappa shape index (κ2) is 6.57. The van der Waals surface area contributed by atoms with Crippen LogP contribution in [-0.2, 0) is 6.54 Å². The van der Waals surface area contributed by atoms with Crippen molar-refractivity contribution in [3.8, 4) is 0 Å². The van der Waals surface area contributed by atoms with Gasteiger partial charge in [0, 0.05) is 25.7 Å². The molecule has 0 saturated carbocycles. The number of fused-ring (bicyclic) bond motifs is 1. The maximum atomic E-state index is 12.7. The van der Waals surface area contributed by atoms with Gasteiger partial charge in [-0.25, -0.2) is 4.98 Å². The van der Waals surface area contributed by atoms with Crippen molar-refractivity contribution in [2.24, 2.45) is 0 Å². The van der Waals surface area contributed by atoms with Gasteiger partial charge in [-0.05, 0) is 39.1 Å². The number of likely N-dealkylation sites (tertiary alicyclic amines) is 1. The molecule has 1 aliphatic heterocycles. The highest BCUT2D eigenvalue weighted by atomic mass is 16.5. The van der Waals surface area contributed by atoms with E-state index in [0.29, 0.717) is 18.0 Å². The molecule has 0 N–H and O–H groups in total. The van der Waals surface area contributed by atoms with Gasteiger partial charge < -0.3 is 18.9 Å². The minimum atomic E-state index is -0.0903. The fourth-order valence-corrected chi connectivity index (χ4v) is 3.61. The fourth-order valence-electron chi connectivity index (χ4n) is 3.61. The van der Waals surface area contributed by atoms with Crippen LogP contribution in [-0.4, -0.2) is 63.6 Å². The SMILES string of the molecule is Cc1nc2ccccc2n1Cc1cc(C(=O)N(C)C2CCN(C)C2)no1. The van der Waals surface area contributed by atoms with Crippen molar-refractivity contribution in [2.45, 2.75) is 25.9 Å². The van der Waals surface area contributed by atoms with Crippen LogP contribution in [0.15, 0.2) is 34.9 Å². The summed E-state index contributed by atoms with van der Waals surface area (Å²) in [5.74, 6) is 1.46. The predicted octanol–water partition coefficient (Wildman–Crippen LogP) is 2.16. The summed E-state index contributed by atoms with van der Waals surface area (Å²) in [6.07, 6.45) is 0.990. The average molecular weight is 353 g/mol. The number of aryl methyl sites for hydroxylation is 1. The Labute approximate surface area is 152 Å². The number of carbonyl (C=O) groups is 1. The highest BCUT2D eigenvalue weighted by Gasteiger charge is 2.28. The molecular weight excluding hydrogens is 330 g/mol. The molecular formula is C19H23N5O2. The summed E-state index contributed by atoms with van der Waals surface area (Å²) in [4.78, 5) is 21.3. The Balaban J connectivity index is 1.52. The molecule has 1 amide bonds. The van der Waals surface area contributed by atoms with Crippen molar-refractivity contribution in [2.75, 3.05) is 27.2 Å². The van der Waals surface area contributed by atoms with Crippen LogP contribution in [0, 0.1) is 6.92 Å². The van der Waals surface area contributed by atoms with Crippen LogP contribution in [0.25, 0.3) is 11.0 Å². The number of imidazole rings is 1. The molecule has 7 heteroatoms. The van der Waals surface area contributed by atoms with Gasteiger partial charge in [0.15, 0.2) is 11.5 Å². The minimum absolute atomic E-state index is 0.0903. The molecule has 1 atom stereocenters. The third-order valence-electron chi connectivity index (χ3n) is 5.17. The first kappa shape index (κ1) is 16.8. The number of para-hydroxylation sites is 2. The molecule has 0 aliphatic carbocycles. The Bertz CT molecular complexity index is 944. The van der Waals surface area contributed by atoms with Crippen LogP contribution in [0.2, 0.25) is 0 Å². The topological polar surface area (TPSA) is 67.4 Å². The van der Waals surface area contributed by atoms with E-state index in [0.717, 1.165) is 36.4 Å². The first-order chi connectivity index (χ1) is 12.5. The van der Waals surface area contributed by atoms with E-state index in [2.05, 4.69) is 26.7 Å². The van der Waals surface area contributed by atoms with Crippen LogP contribution in [0.3, 0.4) is 0 Å². The van der Waals surface area contributed by atoms with Gasteiger partial charge in [0.1, 0.15) is 5.82 Å². The highest BCUT2D eigenvalue weighted by molar-refractivity contribution is 5.92. The molecule has 1 aliphatic rings. The molecule has 1 unspecified atom stereocenters. The van der Waals surface area contributed by atoms with E-state index >= 15 is 0 Å². The first-order valence-corrected chi connectivity index (χ1v) is 8.86. The molecule has 136 valence electrons. The van der Waals surface area contributed by atoms with Gasteiger partial charge in [-0.15, -0.1) is 0 Å². The Morgan fingerprint density at radius 1 is 1.38 bits per heavy atom. The van der Waals surface area contributed by atoms with E-state index in [-0.39, 0.29) is 11.9 Å². The van der Waals surface area contributed by atoms with Crippen LogP contribution in [0.4, 0.5) is 0 Å². The lowest BCUT2D eigenvalue weighted by Crippen LogP contribution is -2.38. The second-order valence-corrected chi connectivity index (χ2v) is 7.03. The number of benzene rings is 1. The molecule has 0 bridgehead atoms. The maximum absolute atomic E-state index is 12.7. The molecule has 1 aromatic carbocycles. The van der Waals surface area contributed by atoms with Gasteiger partial charge in [0.05, 0.1) is 17.6 Å². The van der Waals surface area contributed by atoms with E-state index in [1.54, 1.807) is 11.0 Å². The Morgan fingerprint density at radius 2 is 2.19 bits per heavy atom. The van der Waals surface area contributed by atoms with Gasteiger partial charge in [0.25, 0.3) is 5.91 Å². The molecule has 26 heavy (non-hydrogen) atoms. The number of amides is 1. The molecule has 7 nitrogen and oxygen atoms in total. The summed E-state index contributed by atoms with van der Waals surface area (Å²) >= 11 is 0. The van der Waals surface area contributed by atoms with Gasteiger partial charge in [-0.1, -0.05) is 17.3 Å². The minimum Gasteiger partial charge on any atom is -0.359 e. The number of likely N-dealkylation sites (N-methyl/N-ethyl adjacent to an activating group) is 2. The Hall–Kier alpha value is -2.67. The molecule has 3 heterocycles. The van der Waals surface area contributed by atoms with E-state index in [1.165, 1.54) is 0 Å². The van der Waals surface area contributed by atoms with Crippen molar-refractivity contribution in [3.63, 3.8) is 0 Å². The van der Waals surface area contributed by atoms with E-state index < -0.39 is 0 Å². The van der Waals surface area contributed by atoms with Gasteiger partial charge in [-0.3, -0.25) is 4.79 Å². The standard InChI is InChI=1S/C19H23N5O2/c1-13-20-16-6-4-5-7-18(16)24(13)12-15-10-17(21-26-15)19(25)23(3)14-8-9-22(2)11-14/h4-7,10,14H,8-9,11-12H2,1-3H3. The number of hydrogen-bond acceptors (Lipinski definition) is 5. The largest absolute Gasteiger partial charge is 0.359 e. The number of hydrogen-bond donors (Lipinski definition) is 0. The van der Waals surface area contributed by atoms with Crippen LogP contribution < -0.4 is 0 Å². The maximum Gasteiger partial charge on any atom is 0.276 e. The predicted molar refractivity (Wildman–Crippen MR) is 98.1 cm³/mol. The lowest BCUT2D eigenvalue weighted by atomic mass is 10.2. The van der Waals surface area contributed by atoms with Crippen molar-refractivity contribution >= 4 is 16.9 Å². The van der Waals surface area contributed by atoms with Crippen molar-refractivity contribution in [3.05, 3.63) is 47.6 Å². The zero-order valence-electron chi connectivity index (χ0n) is 15.3. The van der Waals surface area contributed by atoms with Crippen LogP contribution in [0.1, 0.15) is 28.5 Å². The van der Waals surface area contributed by atoms with Crippen LogP contribution in [0.5, 0.6) is 0 Å².